The van der Waals surface area contributed by atoms with Crippen LogP contribution in [-0.4, -0.2) is 18.7 Å². The second kappa shape index (κ2) is 6.99. The largest absolute Gasteiger partial charge is 0.493 e. The lowest BCUT2D eigenvalue weighted by Crippen LogP contribution is -2.05. The van der Waals surface area contributed by atoms with Crippen molar-refractivity contribution in [3.8, 4) is 11.5 Å². The van der Waals surface area contributed by atoms with Crippen LogP contribution < -0.4 is 14.8 Å². The first-order chi connectivity index (χ1) is 10.8. The van der Waals surface area contributed by atoms with Crippen LogP contribution in [0, 0.1) is 0 Å². The van der Waals surface area contributed by atoms with Gasteiger partial charge in [-0.2, -0.15) is 22.0 Å². The first kappa shape index (κ1) is 17.3. The molecular formula is C13H11F5N2O2S. The fourth-order valence-electron chi connectivity index (χ4n) is 1.68. The maximum Gasteiger partial charge on any atom is 0.427 e. The van der Waals surface area contributed by atoms with Crippen LogP contribution in [0.1, 0.15) is 10.4 Å². The lowest BCUT2D eigenvalue weighted by Gasteiger charge is -2.11. The van der Waals surface area contributed by atoms with E-state index in [1.165, 1.54) is 19.2 Å². The van der Waals surface area contributed by atoms with Crippen LogP contribution >= 0.6 is 11.3 Å². The molecule has 0 fully saturated rings. The van der Waals surface area contributed by atoms with Crippen molar-refractivity contribution < 1.29 is 31.4 Å². The minimum atomic E-state index is -4.45. The topological polar surface area (TPSA) is 43.4 Å². The Morgan fingerprint density at radius 2 is 2.00 bits per heavy atom. The molecule has 126 valence electrons. The number of halogens is 5. The molecule has 23 heavy (non-hydrogen) atoms. The molecule has 0 spiro atoms. The van der Waals surface area contributed by atoms with Crippen molar-refractivity contribution in [2.45, 2.75) is 19.3 Å². The summed E-state index contributed by atoms with van der Waals surface area (Å²) in [6, 6.07) is 4.32. The molecule has 0 amide bonds. The summed E-state index contributed by atoms with van der Waals surface area (Å²) >= 11 is 0.458. The van der Waals surface area contributed by atoms with Gasteiger partial charge in [-0.25, -0.2) is 4.98 Å². The van der Waals surface area contributed by atoms with Crippen LogP contribution in [0.5, 0.6) is 11.5 Å². The number of nitrogens with one attached hydrogen (secondary N) is 1. The number of benzene rings is 1. The zero-order chi connectivity index (χ0) is 17.0. The van der Waals surface area contributed by atoms with Crippen molar-refractivity contribution in [3.05, 3.63) is 34.8 Å². The van der Waals surface area contributed by atoms with Crippen molar-refractivity contribution in [2.75, 3.05) is 12.4 Å². The Hall–Kier alpha value is -2.10. The first-order valence-electron chi connectivity index (χ1n) is 6.18. The smallest absolute Gasteiger partial charge is 0.427 e. The van der Waals surface area contributed by atoms with Gasteiger partial charge in [0.2, 0.25) is 0 Å². The number of thiazole rings is 1. The normalized spacial score (nSPS) is 11.6. The van der Waals surface area contributed by atoms with Crippen LogP contribution in [0.4, 0.5) is 27.1 Å². The predicted octanol–water partition coefficient (Wildman–Crippen LogP) is 4.38. The molecule has 0 aliphatic rings. The molecule has 0 unspecified atom stereocenters. The molecule has 1 aromatic carbocycles. The van der Waals surface area contributed by atoms with E-state index >= 15 is 0 Å². The maximum absolute atomic E-state index is 12.5. The first-order valence-corrected chi connectivity index (χ1v) is 7.00. The van der Waals surface area contributed by atoms with Crippen molar-refractivity contribution in [1.29, 1.82) is 0 Å². The predicted molar refractivity (Wildman–Crippen MR) is 74.1 cm³/mol. The number of ether oxygens (including phenoxy) is 2. The van der Waals surface area contributed by atoms with E-state index < -0.39 is 17.7 Å². The molecular weight excluding hydrogens is 343 g/mol. The number of hydrogen-bond acceptors (Lipinski definition) is 5. The summed E-state index contributed by atoms with van der Waals surface area (Å²) in [5, 5.41) is 2.77. The maximum atomic E-state index is 12.5. The third-order valence-electron chi connectivity index (χ3n) is 2.67. The van der Waals surface area contributed by atoms with Gasteiger partial charge in [0.1, 0.15) is 4.88 Å². The lowest BCUT2D eigenvalue weighted by molar-refractivity contribution is -0.134. The van der Waals surface area contributed by atoms with Crippen molar-refractivity contribution in [3.63, 3.8) is 0 Å². The molecule has 1 aromatic heterocycles. The van der Waals surface area contributed by atoms with E-state index in [4.69, 9.17) is 4.74 Å². The highest BCUT2D eigenvalue weighted by molar-refractivity contribution is 7.15. The van der Waals surface area contributed by atoms with Gasteiger partial charge in [0.15, 0.2) is 16.6 Å². The molecule has 4 nitrogen and oxygen atoms in total. The summed E-state index contributed by atoms with van der Waals surface area (Å²) in [6.45, 7) is -2.92. The van der Waals surface area contributed by atoms with E-state index in [2.05, 4.69) is 15.0 Å². The van der Waals surface area contributed by atoms with Gasteiger partial charge in [0, 0.05) is 6.54 Å². The van der Waals surface area contributed by atoms with E-state index in [0.29, 0.717) is 16.9 Å². The fraction of sp³-hybridized carbons (Fsp3) is 0.308. The van der Waals surface area contributed by atoms with Gasteiger partial charge in [0.05, 0.1) is 13.3 Å². The molecule has 0 bridgehead atoms. The SMILES string of the molecule is COc1ccc(CNc2ncc(C(F)(F)F)s2)cc1OC(F)F. The van der Waals surface area contributed by atoms with Crippen LogP contribution in [0.2, 0.25) is 0 Å². The van der Waals surface area contributed by atoms with Crippen LogP contribution in [0.25, 0.3) is 0 Å². The number of methoxy groups -OCH3 is 1. The average molecular weight is 354 g/mol. The quantitative estimate of drug-likeness (QED) is 0.782. The molecule has 0 saturated carbocycles. The van der Waals surface area contributed by atoms with Gasteiger partial charge in [-0.3, -0.25) is 0 Å². The third kappa shape index (κ3) is 4.68. The van der Waals surface area contributed by atoms with Crippen LogP contribution in [0.3, 0.4) is 0 Å². The highest BCUT2D eigenvalue weighted by Crippen LogP contribution is 2.35. The van der Waals surface area contributed by atoms with Gasteiger partial charge >= 0.3 is 12.8 Å². The highest BCUT2D eigenvalue weighted by atomic mass is 32.1. The van der Waals surface area contributed by atoms with E-state index in [9.17, 15) is 22.0 Å². The van der Waals surface area contributed by atoms with Gasteiger partial charge in [-0.1, -0.05) is 17.4 Å². The Labute approximate surface area is 131 Å². The zero-order valence-electron chi connectivity index (χ0n) is 11.7. The third-order valence-corrected chi connectivity index (χ3v) is 3.67. The van der Waals surface area contributed by atoms with Gasteiger partial charge in [-0.05, 0) is 17.7 Å². The molecule has 2 aromatic rings. The molecule has 10 heteroatoms. The zero-order valence-corrected chi connectivity index (χ0v) is 12.5. The van der Waals surface area contributed by atoms with Crippen LogP contribution in [-0.2, 0) is 12.7 Å². The molecule has 2 rings (SSSR count). The van der Waals surface area contributed by atoms with E-state index in [1.807, 2.05) is 0 Å². The summed E-state index contributed by atoms with van der Waals surface area (Å²) in [4.78, 5) is 2.79. The Balaban J connectivity index is 2.07. The summed E-state index contributed by atoms with van der Waals surface area (Å²) in [5.74, 6) is -0.0282. The molecule has 0 aliphatic carbocycles. The second-order valence-corrected chi connectivity index (χ2v) is 5.28. The number of nitrogens with zero attached hydrogens (tertiary/aromatic N) is 1. The van der Waals surface area contributed by atoms with Gasteiger partial charge < -0.3 is 14.8 Å². The Bertz CT molecular complexity index is 660. The number of hydrogen-bond donors (Lipinski definition) is 1. The number of alkyl halides is 5. The Morgan fingerprint density at radius 1 is 1.26 bits per heavy atom. The molecule has 0 atom stereocenters. The molecule has 0 aliphatic heterocycles. The van der Waals surface area contributed by atoms with Gasteiger partial charge in [-0.15, -0.1) is 0 Å². The molecule has 1 heterocycles. The minimum absolute atomic E-state index is 0.0736. The standard InChI is InChI=1S/C13H11F5N2O2S/c1-21-8-3-2-7(4-9(8)22-11(14)15)5-19-12-20-6-10(23-12)13(16,17)18/h2-4,6,11H,5H2,1H3,(H,19,20). The average Bonchev–Trinajstić information content (AvgIpc) is 2.93. The molecule has 1 N–H and O–H groups in total. The van der Waals surface area contributed by atoms with Crippen LogP contribution in [0.15, 0.2) is 24.4 Å². The van der Waals surface area contributed by atoms with Crippen molar-refractivity contribution >= 4 is 16.5 Å². The minimum Gasteiger partial charge on any atom is -0.493 e. The highest BCUT2D eigenvalue weighted by Gasteiger charge is 2.33. The monoisotopic (exact) mass is 354 g/mol. The lowest BCUT2D eigenvalue weighted by atomic mass is 10.2. The van der Waals surface area contributed by atoms with Crippen molar-refractivity contribution in [2.24, 2.45) is 0 Å². The summed E-state index contributed by atoms with van der Waals surface area (Å²) < 4.78 is 71.3. The molecule has 0 radical (unpaired) electrons. The van der Waals surface area contributed by atoms with E-state index in [-0.39, 0.29) is 23.2 Å². The Morgan fingerprint density at radius 3 is 2.57 bits per heavy atom. The number of aromatic nitrogens is 1. The summed E-state index contributed by atoms with van der Waals surface area (Å²) in [7, 11) is 1.31. The fourth-order valence-corrected chi connectivity index (χ4v) is 2.36. The summed E-state index contributed by atoms with van der Waals surface area (Å²) in [5.41, 5.74) is 0.519. The molecule has 0 saturated heterocycles. The number of rotatable bonds is 6. The Kier molecular flexibility index (Phi) is 5.24. The van der Waals surface area contributed by atoms with Crippen molar-refractivity contribution in [1.82, 2.24) is 4.98 Å². The summed E-state index contributed by atoms with van der Waals surface area (Å²) in [6.07, 6.45) is -3.72. The second-order valence-electron chi connectivity index (χ2n) is 4.24. The van der Waals surface area contributed by atoms with Gasteiger partial charge in [0.25, 0.3) is 0 Å². The number of anilines is 1. The van der Waals surface area contributed by atoms with E-state index in [1.54, 1.807) is 6.07 Å². The van der Waals surface area contributed by atoms with E-state index in [0.717, 1.165) is 6.20 Å².